The summed E-state index contributed by atoms with van der Waals surface area (Å²) in [6.07, 6.45) is 0. The highest BCUT2D eigenvalue weighted by molar-refractivity contribution is 6.04. The van der Waals surface area contributed by atoms with Gasteiger partial charge >= 0.3 is 0 Å². The number of nitrogens with zero attached hydrogens (tertiary/aromatic N) is 4. The van der Waals surface area contributed by atoms with Crippen molar-refractivity contribution in [1.29, 1.82) is 0 Å². The van der Waals surface area contributed by atoms with E-state index in [0.717, 1.165) is 30.2 Å². The van der Waals surface area contributed by atoms with Crippen molar-refractivity contribution in [2.24, 2.45) is 0 Å². The number of hydrogen-bond donors (Lipinski definition) is 1. The largest absolute Gasteiger partial charge is 0.378 e. The van der Waals surface area contributed by atoms with E-state index in [1.54, 1.807) is 19.1 Å². The van der Waals surface area contributed by atoms with Gasteiger partial charge in [0.15, 0.2) is 5.82 Å². The number of rotatable bonds is 5. The lowest BCUT2D eigenvalue weighted by Crippen LogP contribution is -2.36. The quantitative estimate of drug-likeness (QED) is 0.498. The smallest absolute Gasteiger partial charge is 0.272 e. The molecule has 0 atom stereocenters. The van der Waals surface area contributed by atoms with Crippen LogP contribution in [0.2, 0.25) is 0 Å². The Kier molecular flexibility index (Phi) is 5.85. The summed E-state index contributed by atoms with van der Waals surface area (Å²) in [5, 5.41) is 22.4. The molecule has 1 aromatic heterocycles. The molecule has 0 bridgehead atoms. The van der Waals surface area contributed by atoms with Gasteiger partial charge in [0.1, 0.15) is 0 Å². The van der Waals surface area contributed by atoms with E-state index in [9.17, 15) is 14.9 Å². The molecule has 0 unspecified atom stereocenters. The molecule has 1 aliphatic rings. The number of anilines is 2. The number of morpholine rings is 1. The van der Waals surface area contributed by atoms with Crippen molar-refractivity contribution >= 4 is 23.1 Å². The molecule has 3 aromatic rings. The molecular weight excluding hydrogens is 398 g/mol. The minimum Gasteiger partial charge on any atom is -0.378 e. The first-order valence-electron chi connectivity index (χ1n) is 9.84. The number of nitro groups is 1. The van der Waals surface area contributed by atoms with Gasteiger partial charge in [-0.25, -0.2) is 0 Å². The molecule has 31 heavy (non-hydrogen) atoms. The molecule has 0 saturated carbocycles. The number of ether oxygens (including phenoxy) is 1. The molecule has 4 rings (SSSR count). The number of amides is 1. The van der Waals surface area contributed by atoms with E-state index >= 15 is 0 Å². The van der Waals surface area contributed by atoms with Crippen molar-refractivity contribution in [1.82, 2.24) is 10.2 Å². The average Bonchev–Trinajstić information content (AvgIpc) is 2.80. The Morgan fingerprint density at radius 1 is 1.06 bits per heavy atom. The number of aromatic nitrogens is 2. The van der Waals surface area contributed by atoms with Crippen LogP contribution in [0.25, 0.3) is 11.3 Å². The Labute approximate surface area is 178 Å². The molecule has 0 aliphatic carbocycles. The van der Waals surface area contributed by atoms with Gasteiger partial charge in [0.05, 0.1) is 23.8 Å². The summed E-state index contributed by atoms with van der Waals surface area (Å²) in [5.41, 5.74) is 3.01. The lowest BCUT2D eigenvalue weighted by molar-refractivity contribution is -0.385. The Morgan fingerprint density at radius 3 is 2.42 bits per heavy atom. The van der Waals surface area contributed by atoms with Crippen LogP contribution in [0.1, 0.15) is 15.9 Å². The van der Waals surface area contributed by atoms with Gasteiger partial charge in [-0.3, -0.25) is 14.9 Å². The zero-order valence-electron chi connectivity index (χ0n) is 16.9. The molecule has 1 amide bonds. The third-order valence-corrected chi connectivity index (χ3v) is 5.08. The third kappa shape index (κ3) is 4.67. The summed E-state index contributed by atoms with van der Waals surface area (Å²) < 4.78 is 5.35. The molecule has 1 fully saturated rings. The number of nitro benzene ring substituents is 1. The predicted octanol–water partition coefficient (Wildman–Crippen LogP) is 3.45. The monoisotopic (exact) mass is 419 g/mol. The number of benzene rings is 2. The molecule has 1 saturated heterocycles. The minimum absolute atomic E-state index is 0.0124. The summed E-state index contributed by atoms with van der Waals surface area (Å²) in [7, 11) is 0. The summed E-state index contributed by atoms with van der Waals surface area (Å²) in [6.45, 7) is 4.59. The summed E-state index contributed by atoms with van der Waals surface area (Å²) in [4.78, 5) is 25.1. The van der Waals surface area contributed by atoms with Gasteiger partial charge < -0.3 is 15.0 Å². The average molecular weight is 419 g/mol. The van der Waals surface area contributed by atoms with E-state index in [2.05, 4.69) is 20.4 Å². The highest BCUT2D eigenvalue weighted by Gasteiger charge is 2.15. The summed E-state index contributed by atoms with van der Waals surface area (Å²) in [6, 6.07) is 15.4. The van der Waals surface area contributed by atoms with Crippen LogP contribution in [-0.4, -0.2) is 47.3 Å². The molecule has 0 spiro atoms. The van der Waals surface area contributed by atoms with Crippen LogP contribution in [0, 0.1) is 17.0 Å². The van der Waals surface area contributed by atoms with E-state index in [0.29, 0.717) is 30.0 Å². The molecular formula is C22H21N5O4. The molecule has 158 valence electrons. The fourth-order valence-electron chi connectivity index (χ4n) is 3.37. The molecule has 1 N–H and O–H groups in total. The van der Waals surface area contributed by atoms with E-state index in [1.807, 2.05) is 24.3 Å². The molecule has 9 heteroatoms. The molecule has 2 heterocycles. The van der Waals surface area contributed by atoms with Gasteiger partial charge in [-0.15, -0.1) is 10.2 Å². The van der Waals surface area contributed by atoms with Gasteiger partial charge in [-0.2, -0.15) is 0 Å². The van der Waals surface area contributed by atoms with Gasteiger partial charge in [0.25, 0.3) is 11.6 Å². The number of nitrogens with one attached hydrogen (secondary N) is 1. The fraction of sp³-hybridized carbons (Fsp3) is 0.227. The highest BCUT2D eigenvalue weighted by Crippen LogP contribution is 2.23. The zero-order chi connectivity index (χ0) is 21.8. The molecule has 1 aliphatic heterocycles. The first kappa shape index (κ1) is 20.4. The number of aryl methyl sites for hydroxylation is 1. The maximum atomic E-state index is 12.5. The number of hydrogen-bond acceptors (Lipinski definition) is 7. The minimum atomic E-state index is -0.466. The maximum Gasteiger partial charge on any atom is 0.272 e. The van der Waals surface area contributed by atoms with Crippen molar-refractivity contribution in [2.75, 3.05) is 36.5 Å². The van der Waals surface area contributed by atoms with Crippen LogP contribution in [0.4, 0.5) is 17.2 Å². The first-order valence-corrected chi connectivity index (χ1v) is 9.84. The Balaban J connectivity index is 1.42. The van der Waals surface area contributed by atoms with E-state index < -0.39 is 4.92 Å². The van der Waals surface area contributed by atoms with Gasteiger partial charge in [-0.1, -0.05) is 12.1 Å². The van der Waals surface area contributed by atoms with Gasteiger partial charge in [-0.05, 0) is 43.3 Å². The van der Waals surface area contributed by atoms with E-state index in [1.165, 1.54) is 18.2 Å². The number of carbonyl (C=O) groups is 1. The van der Waals surface area contributed by atoms with Crippen LogP contribution in [0.3, 0.4) is 0 Å². The number of carbonyl (C=O) groups excluding carboxylic acids is 1. The third-order valence-electron chi connectivity index (χ3n) is 5.08. The summed E-state index contributed by atoms with van der Waals surface area (Å²) in [5.74, 6) is 0.495. The lowest BCUT2D eigenvalue weighted by Gasteiger charge is -2.27. The predicted molar refractivity (Wildman–Crippen MR) is 116 cm³/mol. The second-order valence-electron chi connectivity index (χ2n) is 7.17. The summed E-state index contributed by atoms with van der Waals surface area (Å²) >= 11 is 0. The van der Waals surface area contributed by atoms with Crippen molar-refractivity contribution < 1.29 is 14.5 Å². The van der Waals surface area contributed by atoms with Gasteiger partial charge in [0, 0.05) is 41.5 Å². The van der Waals surface area contributed by atoms with Crippen LogP contribution >= 0.6 is 0 Å². The fourth-order valence-corrected chi connectivity index (χ4v) is 3.37. The second-order valence-corrected chi connectivity index (χ2v) is 7.17. The van der Waals surface area contributed by atoms with Crippen LogP contribution in [0.5, 0.6) is 0 Å². The maximum absolute atomic E-state index is 12.5. The Bertz CT molecular complexity index is 1090. The van der Waals surface area contributed by atoms with Crippen molar-refractivity contribution in [3.63, 3.8) is 0 Å². The van der Waals surface area contributed by atoms with Crippen LogP contribution in [-0.2, 0) is 4.74 Å². The lowest BCUT2D eigenvalue weighted by atomic mass is 10.1. The van der Waals surface area contributed by atoms with E-state index in [4.69, 9.17) is 4.74 Å². The zero-order valence-corrected chi connectivity index (χ0v) is 16.9. The highest BCUT2D eigenvalue weighted by atomic mass is 16.6. The molecule has 0 radical (unpaired) electrons. The van der Waals surface area contributed by atoms with Crippen LogP contribution in [0.15, 0.2) is 54.6 Å². The SMILES string of the molecule is Cc1cc(C(=O)Nc2ccc(-c3ccc(N4CCOCC4)nn3)cc2)ccc1[N+](=O)[O-]. The topological polar surface area (TPSA) is 110 Å². The second kappa shape index (κ2) is 8.88. The van der Waals surface area contributed by atoms with Gasteiger partial charge in [0.2, 0.25) is 0 Å². The first-order chi connectivity index (χ1) is 15.0. The van der Waals surface area contributed by atoms with Crippen molar-refractivity contribution in [3.8, 4) is 11.3 Å². The van der Waals surface area contributed by atoms with Crippen molar-refractivity contribution in [2.45, 2.75) is 6.92 Å². The molecule has 2 aromatic carbocycles. The van der Waals surface area contributed by atoms with Crippen LogP contribution < -0.4 is 10.2 Å². The standard InChI is InChI=1S/C22H21N5O4/c1-15-14-17(4-8-20(15)27(29)30)22(28)23-18-5-2-16(3-6-18)19-7-9-21(25-24-19)26-10-12-31-13-11-26/h2-9,14H,10-13H2,1H3,(H,23,28). The molecule has 9 nitrogen and oxygen atoms in total. The Hall–Kier alpha value is -3.85. The van der Waals surface area contributed by atoms with Crippen molar-refractivity contribution in [3.05, 3.63) is 75.8 Å². The normalized spacial score (nSPS) is 13.6. The Morgan fingerprint density at radius 2 is 1.81 bits per heavy atom. The van der Waals surface area contributed by atoms with E-state index in [-0.39, 0.29) is 11.6 Å².